The van der Waals surface area contributed by atoms with Crippen LogP contribution >= 0.6 is 11.8 Å². The predicted octanol–water partition coefficient (Wildman–Crippen LogP) is 2.82. The number of carboxylic acid groups (broad SMARTS) is 1. The summed E-state index contributed by atoms with van der Waals surface area (Å²) in [6, 6.07) is 8.85. The summed E-state index contributed by atoms with van der Waals surface area (Å²) in [5.74, 6) is -3.86. The summed E-state index contributed by atoms with van der Waals surface area (Å²) >= 11 is 1.22. The molecule has 0 spiro atoms. The molecule has 246 valence electrons. The van der Waals surface area contributed by atoms with Crippen LogP contribution in [0.15, 0.2) is 36.4 Å². The molecule has 4 amide bonds. The Morgan fingerprint density at radius 1 is 0.978 bits per heavy atom. The van der Waals surface area contributed by atoms with E-state index in [0.717, 1.165) is 0 Å². The molecule has 3 unspecified atom stereocenters. The third-order valence-electron chi connectivity index (χ3n) is 6.32. The largest absolute Gasteiger partial charge is 0.486 e. The normalized spacial score (nSPS) is 12.9. The van der Waals surface area contributed by atoms with Crippen molar-refractivity contribution in [2.45, 2.75) is 76.7 Å². The molecule has 2 rings (SSSR count). The average Bonchev–Trinajstić information content (AvgIpc) is 2.94. The molecular weight excluding hydrogens is 607 g/mol. The van der Waals surface area contributed by atoms with Crippen LogP contribution in [0.4, 0.5) is 10.1 Å². The van der Waals surface area contributed by atoms with Crippen LogP contribution in [0.5, 0.6) is 5.75 Å². The standard InChI is InChI=1S/C31H41FN4O8S/c1-17(2)45-24(14-27(40)41)31(43)33-12-11-25(38)35-19(4)30(42)34-15-26(39)36-22-8-6-7-21(13-22)16-44-23-10-9-18(3)28(20(5)37)29(23)32/h6-10,13,17,19-20,24,37H,11-12,14-16H2,1-5H3,(H,33,43)(H,34,42)(H,35,38)(H,36,39)(H,40,41). The highest BCUT2D eigenvalue weighted by Gasteiger charge is 2.24. The number of aliphatic carboxylic acids is 1. The number of anilines is 1. The number of nitrogens with one attached hydrogen (secondary N) is 4. The minimum atomic E-state index is -1.10. The monoisotopic (exact) mass is 648 g/mol. The van der Waals surface area contributed by atoms with Gasteiger partial charge in [0.2, 0.25) is 23.6 Å². The van der Waals surface area contributed by atoms with Crippen molar-refractivity contribution < 1.29 is 43.3 Å². The van der Waals surface area contributed by atoms with Gasteiger partial charge in [-0.25, -0.2) is 4.39 Å². The van der Waals surface area contributed by atoms with Gasteiger partial charge in [-0.05, 0) is 55.3 Å². The lowest BCUT2D eigenvalue weighted by Gasteiger charge is -2.17. The van der Waals surface area contributed by atoms with Crippen LogP contribution in [0, 0.1) is 12.7 Å². The molecule has 0 fully saturated rings. The Morgan fingerprint density at radius 3 is 2.33 bits per heavy atom. The lowest BCUT2D eigenvalue weighted by molar-refractivity contribution is -0.138. The highest BCUT2D eigenvalue weighted by Crippen LogP contribution is 2.29. The first-order chi connectivity index (χ1) is 21.2. The Bertz CT molecular complexity index is 1370. The van der Waals surface area contributed by atoms with E-state index in [0.29, 0.717) is 16.8 Å². The maximum atomic E-state index is 14.8. The van der Waals surface area contributed by atoms with E-state index in [1.165, 1.54) is 31.7 Å². The van der Waals surface area contributed by atoms with E-state index in [9.17, 15) is 33.5 Å². The van der Waals surface area contributed by atoms with Gasteiger partial charge in [0.15, 0.2) is 11.6 Å². The zero-order valence-electron chi connectivity index (χ0n) is 25.9. The lowest BCUT2D eigenvalue weighted by Crippen LogP contribution is -2.47. The number of aliphatic hydroxyl groups is 1. The first-order valence-corrected chi connectivity index (χ1v) is 15.3. The maximum absolute atomic E-state index is 14.8. The van der Waals surface area contributed by atoms with Crippen molar-refractivity contribution in [2.75, 3.05) is 18.4 Å². The van der Waals surface area contributed by atoms with Crippen LogP contribution < -0.4 is 26.0 Å². The summed E-state index contributed by atoms with van der Waals surface area (Å²) < 4.78 is 20.4. The van der Waals surface area contributed by atoms with E-state index in [2.05, 4.69) is 21.3 Å². The molecule has 0 aromatic heterocycles. The van der Waals surface area contributed by atoms with Crippen LogP contribution in [0.1, 0.15) is 63.3 Å². The van der Waals surface area contributed by atoms with Gasteiger partial charge in [-0.1, -0.05) is 32.0 Å². The number of hydrogen-bond donors (Lipinski definition) is 6. The summed E-state index contributed by atoms with van der Waals surface area (Å²) in [6.45, 7) is 7.89. The average molecular weight is 649 g/mol. The van der Waals surface area contributed by atoms with Gasteiger partial charge >= 0.3 is 5.97 Å². The molecule has 0 saturated carbocycles. The van der Waals surface area contributed by atoms with Gasteiger partial charge in [0.25, 0.3) is 0 Å². The van der Waals surface area contributed by atoms with Crippen molar-refractivity contribution in [3.8, 4) is 5.75 Å². The molecule has 6 N–H and O–H groups in total. The number of carboxylic acids is 1. The number of benzene rings is 2. The van der Waals surface area contributed by atoms with Crippen LogP contribution in [0.3, 0.4) is 0 Å². The van der Waals surface area contributed by atoms with Crippen LogP contribution in [-0.4, -0.2) is 69.4 Å². The summed E-state index contributed by atoms with van der Waals surface area (Å²) in [6.07, 6.45) is -1.47. The number of aliphatic hydroxyl groups excluding tert-OH is 1. The van der Waals surface area contributed by atoms with E-state index in [-0.39, 0.29) is 49.1 Å². The number of carbonyl (C=O) groups is 5. The summed E-state index contributed by atoms with van der Waals surface area (Å²) in [5, 5.41) is 28.3. The summed E-state index contributed by atoms with van der Waals surface area (Å²) in [4.78, 5) is 60.4. The van der Waals surface area contributed by atoms with Crippen molar-refractivity contribution in [1.82, 2.24) is 16.0 Å². The second kappa shape index (κ2) is 18.0. The number of ether oxygens (including phenoxy) is 1. The molecule has 0 saturated heterocycles. The predicted molar refractivity (Wildman–Crippen MR) is 168 cm³/mol. The van der Waals surface area contributed by atoms with Gasteiger partial charge in [0, 0.05) is 24.2 Å². The molecule has 0 radical (unpaired) electrons. The third kappa shape index (κ3) is 12.8. The smallest absolute Gasteiger partial charge is 0.305 e. The molecule has 0 bridgehead atoms. The van der Waals surface area contributed by atoms with Crippen molar-refractivity contribution in [3.63, 3.8) is 0 Å². The summed E-state index contributed by atoms with van der Waals surface area (Å²) in [5.41, 5.74) is 1.83. The number of thioether (sulfide) groups is 1. The van der Waals surface area contributed by atoms with Crippen LogP contribution in [0.25, 0.3) is 0 Å². The van der Waals surface area contributed by atoms with E-state index in [4.69, 9.17) is 9.84 Å². The van der Waals surface area contributed by atoms with Crippen LogP contribution in [0.2, 0.25) is 0 Å². The highest BCUT2D eigenvalue weighted by atomic mass is 32.2. The first kappa shape index (κ1) is 37.0. The molecule has 3 atom stereocenters. The molecule has 2 aromatic carbocycles. The fraction of sp³-hybridized carbons (Fsp3) is 0.452. The second-order valence-corrected chi connectivity index (χ2v) is 12.4. The second-order valence-electron chi connectivity index (χ2n) is 10.6. The minimum Gasteiger partial charge on any atom is -0.486 e. The molecule has 0 heterocycles. The molecular formula is C31H41FN4O8S. The fourth-order valence-electron chi connectivity index (χ4n) is 4.20. The number of hydrogen-bond acceptors (Lipinski definition) is 8. The summed E-state index contributed by atoms with van der Waals surface area (Å²) in [7, 11) is 0. The Labute approximate surface area is 265 Å². The Balaban J connectivity index is 1.78. The number of halogens is 1. The first-order valence-electron chi connectivity index (χ1n) is 14.4. The van der Waals surface area contributed by atoms with Crippen molar-refractivity contribution >= 4 is 47.0 Å². The van der Waals surface area contributed by atoms with Gasteiger partial charge in [0.05, 0.1) is 24.3 Å². The topological polar surface area (TPSA) is 183 Å². The molecule has 0 aliphatic heterocycles. The SMILES string of the molecule is Cc1ccc(OCc2cccc(NC(=O)CNC(=O)C(C)NC(=O)CCNC(=O)C(CC(=O)O)SC(C)C)c2)c(F)c1C(C)O. The van der Waals surface area contributed by atoms with Gasteiger partial charge < -0.3 is 36.2 Å². The zero-order valence-corrected chi connectivity index (χ0v) is 26.8. The number of aryl methyl sites for hydroxylation is 1. The lowest BCUT2D eigenvalue weighted by atomic mass is 10.0. The zero-order chi connectivity index (χ0) is 33.7. The Kier molecular flexibility index (Phi) is 14.8. The molecule has 0 aliphatic rings. The molecule has 14 heteroatoms. The fourth-order valence-corrected chi connectivity index (χ4v) is 5.30. The number of carbonyl (C=O) groups excluding carboxylic acids is 4. The number of rotatable bonds is 17. The highest BCUT2D eigenvalue weighted by molar-refractivity contribution is 8.01. The third-order valence-corrected chi connectivity index (χ3v) is 7.57. The minimum absolute atomic E-state index is 0.000391. The van der Waals surface area contributed by atoms with E-state index in [1.54, 1.807) is 37.3 Å². The quantitative estimate of drug-likeness (QED) is 0.150. The van der Waals surface area contributed by atoms with Gasteiger partial charge in [-0.15, -0.1) is 11.8 Å². The van der Waals surface area contributed by atoms with E-state index in [1.807, 2.05) is 13.8 Å². The molecule has 12 nitrogen and oxygen atoms in total. The van der Waals surface area contributed by atoms with Gasteiger partial charge in [-0.3, -0.25) is 24.0 Å². The van der Waals surface area contributed by atoms with Crippen molar-refractivity contribution in [1.29, 1.82) is 0 Å². The molecule has 2 aromatic rings. The molecule has 45 heavy (non-hydrogen) atoms. The molecule has 0 aliphatic carbocycles. The van der Waals surface area contributed by atoms with Crippen molar-refractivity contribution in [2.24, 2.45) is 0 Å². The van der Waals surface area contributed by atoms with Crippen molar-refractivity contribution in [3.05, 3.63) is 58.9 Å². The Morgan fingerprint density at radius 2 is 1.69 bits per heavy atom. The van der Waals surface area contributed by atoms with Crippen LogP contribution in [-0.2, 0) is 30.6 Å². The van der Waals surface area contributed by atoms with Gasteiger partial charge in [-0.2, -0.15) is 0 Å². The number of amides is 4. The van der Waals surface area contributed by atoms with Gasteiger partial charge in [0.1, 0.15) is 12.6 Å². The Hall–Kier alpha value is -4.17. The van der Waals surface area contributed by atoms with E-state index < -0.39 is 52.8 Å². The maximum Gasteiger partial charge on any atom is 0.305 e. The van der Waals surface area contributed by atoms with E-state index >= 15 is 0 Å².